The minimum atomic E-state index is -0.235. The smallest absolute Gasteiger partial charge is 0.289 e. The number of hydrogen-bond acceptors (Lipinski definition) is 6. The molecule has 1 saturated heterocycles. The zero-order valence-electron chi connectivity index (χ0n) is 12.6. The average Bonchev–Trinajstić information content (AvgIpc) is 3.15. The molecule has 0 aliphatic carbocycles. The third-order valence-electron chi connectivity index (χ3n) is 4.03. The van der Waals surface area contributed by atoms with Crippen LogP contribution in [0.5, 0.6) is 0 Å². The number of carbonyl (C=O) groups is 1. The number of anilines is 1. The number of nitrogens with zero attached hydrogens (tertiary/aromatic N) is 4. The number of nitriles is 1. The predicted octanol–water partition coefficient (Wildman–Crippen LogP) is 1.59. The topological polar surface area (TPSA) is 95.1 Å². The monoisotopic (exact) mass is 311 g/mol. The molecule has 1 aliphatic heterocycles. The average molecular weight is 311 g/mol. The molecule has 0 aromatic carbocycles. The molecule has 7 heteroatoms. The first-order chi connectivity index (χ1) is 11.3. The van der Waals surface area contributed by atoms with E-state index in [9.17, 15) is 4.79 Å². The summed E-state index contributed by atoms with van der Waals surface area (Å²) >= 11 is 0. The molecule has 0 bridgehead atoms. The van der Waals surface area contributed by atoms with Crippen LogP contribution in [0.1, 0.15) is 29.0 Å². The number of pyridine rings is 1. The minimum Gasteiger partial charge on any atom is -0.356 e. The number of rotatable bonds is 4. The van der Waals surface area contributed by atoms with Crippen LogP contribution < -0.4 is 10.2 Å². The van der Waals surface area contributed by atoms with Crippen molar-refractivity contribution in [2.24, 2.45) is 5.92 Å². The van der Waals surface area contributed by atoms with E-state index in [1.807, 2.05) is 0 Å². The molecule has 0 saturated carbocycles. The highest BCUT2D eigenvalue weighted by molar-refractivity contribution is 5.91. The summed E-state index contributed by atoms with van der Waals surface area (Å²) in [5.41, 5.74) is 0.601. The lowest BCUT2D eigenvalue weighted by atomic mass is 9.96. The first kappa shape index (κ1) is 15.0. The SMILES string of the molecule is N#Cc1cccnc1N1CCC(CNC(=O)c2ccno2)CC1. The molecule has 0 spiro atoms. The second-order valence-electron chi connectivity index (χ2n) is 5.50. The number of aromatic nitrogens is 2. The van der Waals surface area contributed by atoms with E-state index in [2.05, 4.69) is 26.4 Å². The number of piperidine rings is 1. The van der Waals surface area contributed by atoms with Gasteiger partial charge in [-0.15, -0.1) is 0 Å². The van der Waals surface area contributed by atoms with Crippen molar-refractivity contribution in [2.45, 2.75) is 12.8 Å². The highest BCUT2D eigenvalue weighted by Crippen LogP contribution is 2.23. The fourth-order valence-electron chi connectivity index (χ4n) is 2.74. The van der Waals surface area contributed by atoms with Gasteiger partial charge in [-0.1, -0.05) is 5.16 Å². The Morgan fingerprint density at radius 2 is 2.22 bits per heavy atom. The maximum absolute atomic E-state index is 11.8. The normalized spacial score (nSPS) is 15.2. The maximum atomic E-state index is 11.8. The third-order valence-corrected chi connectivity index (χ3v) is 4.03. The molecule has 118 valence electrons. The van der Waals surface area contributed by atoms with Gasteiger partial charge in [0.25, 0.3) is 5.91 Å². The van der Waals surface area contributed by atoms with Crippen molar-refractivity contribution in [1.82, 2.24) is 15.5 Å². The first-order valence-corrected chi connectivity index (χ1v) is 7.57. The van der Waals surface area contributed by atoms with Gasteiger partial charge in [0.05, 0.1) is 11.8 Å². The molecule has 0 atom stereocenters. The van der Waals surface area contributed by atoms with Crippen molar-refractivity contribution in [1.29, 1.82) is 5.26 Å². The number of nitrogens with one attached hydrogen (secondary N) is 1. The van der Waals surface area contributed by atoms with Crippen LogP contribution in [-0.4, -0.2) is 35.7 Å². The molecule has 3 rings (SSSR count). The van der Waals surface area contributed by atoms with Gasteiger partial charge in [-0.05, 0) is 30.9 Å². The molecule has 1 amide bonds. The van der Waals surface area contributed by atoms with Crippen molar-refractivity contribution < 1.29 is 9.32 Å². The van der Waals surface area contributed by atoms with Gasteiger partial charge in [0.1, 0.15) is 11.9 Å². The zero-order valence-corrected chi connectivity index (χ0v) is 12.6. The molecule has 2 aromatic rings. The van der Waals surface area contributed by atoms with Crippen molar-refractivity contribution in [2.75, 3.05) is 24.5 Å². The van der Waals surface area contributed by atoms with Gasteiger partial charge in [0.15, 0.2) is 0 Å². The van der Waals surface area contributed by atoms with Crippen LogP contribution in [0.25, 0.3) is 0 Å². The van der Waals surface area contributed by atoms with Crippen LogP contribution in [0, 0.1) is 17.2 Å². The summed E-state index contributed by atoms with van der Waals surface area (Å²) in [6, 6.07) is 7.28. The Balaban J connectivity index is 1.51. The minimum absolute atomic E-state index is 0.231. The molecular weight excluding hydrogens is 294 g/mol. The second-order valence-corrected chi connectivity index (χ2v) is 5.50. The lowest BCUT2D eigenvalue weighted by Gasteiger charge is -2.33. The van der Waals surface area contributed by atoms with Gasteiger partial charge in [-0.3, -0.25) is 4.79 Å². The Morgan fingerprint density at radius 3 is 2.91 bits per heavy atom. The number of carbonyl (C=O) groups excluding carboxylic acids is 1. The van der Waals surface area contributed by atoms with Crippen molar-refractivity contribution >= 4 is 11.7 Å². The summed E-state index contributed by atoms with van der Waals surface area (Å²) < 4.78 is 4.83. The standard InChI is InChI=1S/C16H17N5O2/c17-10-13-2-1-6-18-15(13)21-8-4-12(5-9-21)11-19-16(22)14-3-7-20-23-14/h1-3,6-7,12H,4-5,8-9,11H2,(H,19,22). The largest absolute Gasteiger partial charge is 0.356 e. The van der Waals surface area contributed by atoms with Crippen LogP contribution in [0.15, 0.2) is 35.1 Å². The Labute approximate surface area is 133 Å². The maximum Gasteiger partial charge on any atom is 0.289 e. The van der Waals surface area contributed by atoms with Gasteiger partial charge in [-0.25, -0.2) is 4.98 Å². The van der Waals surface area contributed by atoms with Crippen LogP contribution in [0.2, 0.25) is 0 Å². The van der Waals surface area contributed by atoms with Gasteiger partial charge in [-0.2, -0.15) is 5.26 Å². The molecule has 1 fully saturated rings. The second kappa shape index (κ2) is 6.92. The van der Waals surface area contributed by atoms with E-state index in [0.717, 1.165) is 31.7 Å². The Bertz CT molecular complexity index is 700. The molecule has 7 nitrogen and oxygen atoms in total. The van der Waals surface area contributed by atoms with E-state index in [1.54, 1.807) is 24.4 Å². The Morgan fingerprint density at radius 1 is 1.39 bits per heavy atom. The van der Waals surface area contributed by atoms with Crippen molar-refractivity contribution in [3.8, 4) is 6.07 Å². The molecular formula is C16H17N5O2. The quantitative estimate of drug-likeness (QED) is 0.921. The van der Waals surface area contributed by atoms with Gasteiger partial charge >= 0.3 is 0 Å². The molecule has 0 unspecified atom stereocenters. The lowest BCUT2D eigenvalue weighted by molar-refractivity contribution is 0.0908. The molecule has 3 heterocycles. The van der Waals surface area contributed by atoms with Crippen molar-refractivity contribution in [3.05, 3.63) is 41.9 Å². The fourth-order valence-corrected chi connectivity index (χ4v) is 2.74. The summed E-state index contributed by atoms with van der Waals surface area (Å²) in [5.74, 6) is 1.16. The fraction of sp³-hybridized carbons (Fsp3) is 0.375. The van der Waals surface area contributed by atoms with Gasteiger partial charge < -0.3 is 14.7 Å². The van der Waals surface area contributed by atoms with E-state index in [-0.39, 0.29) is 11.7 Å². The summed E-state index contributed by atoms with van der Waals surface area (Å²) in [4.78, 5) is 18.3. The van der Waals surface area contributed by atoms with E-state index in [1.165, 1.54) is 6.20 Å². The van der Waals surface area contributed by atoms with Crippen LogP contribution in [0.3, 0.4) is 0 Å². The molecule has 23 heavy (non-hydrogen) atoms. The lowest BCUT2D eigenvalue weighted by Crippen LogP contribution is -2.39. The first-order valence-electron chi connectivity index (χ1n) is 7.57. The summed E-state index contributed by atoms with van der Waals surface area (Å²) in [6.07, 6.45) is 5.04. The molecule has 0 radical (unpaired) electrons. The zero-order chi connectivity index (χ0) is 16.1. The Hall–Kier alpha value is -2.88. The van der Waals surface area contributed by atoms with Crippen LogP contribution in [0.4, 0.5) is 5.82 Å². The molecule has 1 N–H and O–H groups in total. The third kappa shape index (κ3) is 3.48. The molecule has 2 aromatic heterocycles. The van der Waals surface area contributed by atoms with Gasteiger partial charge in [0.2, 0.25) is 5.76 Å². The summed E-state index contributed by atoms with van der Waals surface area (Å²) in [7, 11) is 0. The van der Waals surface area contributed by atoms with E-state index >= 15 is 0 Å². The van der Waals surface area contributed by atoms with Crippen LogP contribution in [-0.2, 0) is 0 Å². The highest BCUT2D eigenvalue weighted by atomic mass is 16.5. The van der Waals surface area contributed by atoms with Gasteiger partial charge in [0, 0.05) is 31.9 Å². The van der Waals surface area contributed by atoms with E-state index < -0.39 is 0 Å². The number of amides is 1. The Kier molecular flexibility index (Phi) is 4.52. The van der Waals surface area contributed by atoms with E-state index in [0.29, 0.717) is 18.0 Å². The van der Waals surface area contributed by atoms with Crippen molar-refractivity contribution in [3.63, 3.8) is 0 Å². The summed E-state index contributed by atoms with van der Waals surface area (Å²) in [5, 5.41) is 15.6. The number of hydrogen-bond donors (Lipinski definition) is 1. The van der Waals surface area contributed by atoms with E-state index in [4.69, 9.17) is 9.78 Å². The summed E-state index contributed by atoms with van der Waals surface area (Å²) in [6.45, 7) is 2.27. The highest BCUT2D eigenvalue weighted by Gasteiger charge is 2.22. The molecule has 1 aliphatic rings. The van der Waals surface area contributed by atoms with Crippen LogP contribution >= 0.6 is 0 Å². The predicted molar refractivity (Wildman–Crippen MR) is 82.7 cm³/mol.